The number of carbonyl (C=O) groups excluding carboxylic acids is 1. The van der Waals surface area contributed by atoms with Crippen LogP contribution in [0.3, 0.4) is 0 Å². The summed E-state index contributed by atoms with van der Waals surface area (Å²) in [5.41, 5.74) is 2.93. The number of anilines is 1. The van der Waals surface area contributed by atoms with Gasteiger partial charge in [0.1, 0.15) is 0 Å². The molecule has 0 bridgehead atoms. The van der Waals surface area contributed by atoms with Crippen molar-refractivity contribution in [2.45, 2.75) is 26.1 Å². The lowest BCUT2D eigenvalue weighted by Gasteiger charge is -2.26. The Labute approximate surface area is 177 Å². The molecule has 0 spiro atoms. The van der Waals surface area contributed by atoms with Crippen molar-refractivity contribution in [1.82, 2.24) is 0 Å². The number of methoxy groups -OCH3 is 2. The number of hydrogen-bond donors (Lipinski definition) is 1. The normalized spacial score (nSPS) is 11.1. The third-order valence-electron chi connectivity index (χ3n) is 4.72. The molecule has 5 heteroatoms. The molecule has 1 amide bonds. The van der Waals surface area contributed by atoms with Crippen LogP contribution < -0.4 is 14.8 Å². The maximum absolute atomic E-state index is 12.8. The van der Waals surface area contributed by atoms with Crippen LogP contribution in [0.1, 0.15) is 19.4 Å². The molecule has 0 aliphatic carbocycles. The SMILES string of the molecule is COCc1ccc(-c2ccc(NC(=O)C(C)(C)Oc3ccccc3OC)cc2)cc1. The predicted octanol–water partition coefficient (Wildman–Crippen LogP) is 5.30. The first kappa shape index (κ1) is 21.4. The third kappa shape index (κ3) is 5.19. The molecular weight excluding hydrogens is 378 g/mol. The van der Waals surface area contributed by atoms with Crippen molar-refractivity contribution in [3.63, 3.8) is 0 Å². The van der Waals surface area contributed by atoms with E-state index < -0.39 is 5.60 Å². The van der Waals surface area contributed by atoms with Gasteiger partial charge in [0.2, 0.25) is 0 Å². The highest BCUT2D eigenvalue weighted by molar-refractivity contribution is 5.97. The zero-order chi connectivity index (χ0) is 21.6. The van der Waals surface area contributed by atoms with Crippen molar-refractivity contribution >= 4 is 11.6 Å². The third-order valence-corrected chi connectivity index (χ3v) is 4.72. The molecule has 1 N–H and O–H groups in total. The number of hydrogen-bond acceptors (Lipinski definition) is 4. The van der Waals surface area contributed by atoms with Crippen LogP contribution in [0.25, 0.3) is 11.1 Å². The smallest absolute Gasteiger partial charge is 0.267 e. The Morgan fingerprint density at radius 2 is 1.40 bits per heavy atom. The number of amides is 1. The largest absolute Gasteiger partial charge is 0.493 e. The van der Waals surface area contributed by atoms with Gasteiger partial charge in [-0.15, -0.1) is 0 Å². The van der Waals surface area contributed by atoms with Gasteiger partial charge in [-0.1, -0.05) is 48.5 Å². The molecule has 0 aliphatic heterocycles. The van der Waals surface area contributed by atoms with E-state index in [4.69, 9.17) is 14.2 Å². The molecule has 0 fully saturated rings. The van der Waals surface area contributed by atoms with Gasteiger partial charge in [-0.3, -0.25) is 4.79 Å². The van der Waals surface area contributed by atoms with E-state index in [9.17, 15) is 4.79 Å². The molecule has 0 aromatic heterocycles. The topological polar surface area (TPSA) is 56.8 Å². The Hall–Kier alpha value is -3.31. The van der Waals surface area contributed by atoms with E-state index in [-0.39, 0.29) is 5.91 Å². The summed E-state index contributed by atoms with van der Waals surface area (Å²) in [5, 5.41) is 2.92. The number of para-hydroxylation sites is 2. The van der Waals surface area contributed by atoms with Crippen LogP contribution in [0, 0.1) is 0 Å². The van der Waals surface area contributed by atoms with Crippen molar-refractivity contribution in [2.75, 3.05) is 19.5 Å². The van der Waals surface area contributed by atoms with E-state index in [1.807, 2.05) is 48.5 Å². The minimum atomic E-state index is -1.08. The van der Waals surface area contributed by atoms with E-state index in [1.165, 1.54) is 0 Å². The highest BCUT2D eigenvalue weighted by Gasteiger charge is 2.31. The first-order valence-electron chi connectivity index (χ1n) is 9.75. The monoisotopic (exact) mass is 405 g/mol. The van der Waals surface area contributed by atoms with Gasteiger partial charge < -0.3 is 19.5 Å². The van der Waals surface area contributed by atoms with Gasteiger partial charge in [0, 0.05) is 12.8 Å². The average molecular weight is 405 g/mol. The zero-order valence-electron chi connectivity index (χ0n) is 17.8. The van der Waals surface area contributed by atoms with E-state index in [1.54, 1.807) is 40.2 Å². The fraction of sp³-hybridized carbons (Fsp3) is 0.240. The standard InChI is InChI=1S/C25H27NO4/c1-25(2,30-23-8-6-5-7-22(23)29-4)24(27)26-21-15-13-20(14-16-21)19-11-9-18(10-12-19)17-28-3/h5-16H,17H2,1-4H3,(H,26,27). The second-order valence-corrected chi connectivity index (χ2v) is 7.42. The minimum absolute atomic E-state index is 0.245. The van der Waals surface area contributed by atoms with Crippen molar-refractivity contribution in [3.05, 3.63) is 78.4 Å². The van der Waals surface area contributed by atoms with E-state index >= 15 is 0 Å². The quantitative estimate of drug-likeness (QED) is 0.552. The highest BCUT2D eigenvalue weighted by Crippen LogP contribution is 2.30. The maximum atomic E-state index is 12.8. The molecule has 3 aromatic rings. The Kier molecular flexibility index (Phi) is 6.75. The summed E-state index contributed by atoms with van der Waals surface area (Å²) in [6.07, 6.45) is 0. The fourth-order valence-electron chi connectivity index (χ4n) is 3.01. The summed E-state index contributed by atoms with van der Waals surface area (Å²) in [4.78, 5) is 12.8. The molecule has 0 unspecified atom stereocenters. The van der Waals surface area contributed by atoms with E-state index in [0.717, 1.165) is 16.7 Å². The minimum Gasteiger partial charge on any atom is -0.493 e. The lowest BCUT2D eigenvalue weighted by Crippen LogP contribution is -2.42. The van der Waals surface area contributed by atoms with Crippen molar-refractivity contribution in [1.29, 1.82) is 0 Å². The van der Waals surface area contributed by atoms with Crippen LogP contribution in [-0.4, -0.2) is 25.7 Å². The van der Waals surface area contributed by atoms with Crippen LogP contribution in [0.4, 0.5) is 5.69 Å². The lowest BCUT2D eigenvalue weighted by atomic mass is 10.0. The van der Waals surface area contributed by atoms with E-state index in [2.05, 4.69) is 17.4 Å². The van der Waals surface area contributed by atoms with Gasteiger partial charge in [-0.25, -0.2) is 0 Å². The predicted molar refractivity (Wildman–Crippen MR) is 119 cm³/mol. The molecule has 0 aliphatic rings. The number of rotatable bonds is 8. The van der Waals surface area contributed by atoms with Crippen LogP contribution in [0.2, 0.25) is 0 Å². The van der Waals surface area contributed by atoms with Gasteiger partial charge in [-0.05, 0) is 54.8 Å². The summed E-state index contributed by atoms with van der Waals surface area (Å²) in [6, 6.07) is 23.2. The van der Waals surface area contributed by atoms with E-state index in [0.29, 0.717) is 23.8 Å². The zero-order valence-corrected chi connectivity index (χ0v) is 17.8. The van der Waals surface area contributed by atoms with Gasteiger partial charge in [-0.2, -0.15) is 0 Å². The second-order valence-electron chi connectivity index (χ2n) is 7.42. The number of ether oxygens (including phenoxy) is 3. The fourth-order valence-corrected chi connectivity index (χ4v) is 3.01. The highest BCUT2D eigenvalue weighted by atomic mass is 16.5. The van der Waals surface area contributed by atoms with Crippen LogP contribution >= 0.6 is 0 Å². The molecule has 0 saturated heterocycles. The summed E-state index contributed by atoms with van der Waals surface area (Å²) in [7, 11) is 3.26. The summed E-state index contributed by atoms with van der Waals surface area (Å²) in [5.74, 6) is 0.858. The van der Waals surface area contributed by atoms with Gasteiger partial charge in [0.25, 0.3) is 5.91 Å². The lowest BCUT2D eigenvalue weighted by molar-refractivity contribution is -0.128. The maximum Gasteiger partial charge on any atom is 0.267 e. The Morgan fingerprint density at radius 3 is 1.97 bits per heavy atom. The molecular formula is C25H27NO4. The van der Waals surface area contributed by atoms with Crippen LogP contribution in [0.15, 0.2) is 72.8 Å². The van der Waals surface area contributed by atoms with Crippen molar-refractivity contribution in [3.8, 4) is 22.6 Å². The molecule has 0 radical (unpaired) electrons. The molecule has 0 saturated carbocycles. The average Bonchev–Trinajstić information content (AvgIpc) is 2.75. The van der Waals surface area contributed by atoms with Crippen LogP contribution in [-0.2, 0) is 16.1 Å². The first-order valence-corrected chi connectivity index (χ1v) is 9.75. The molecule has 3 aromatic carbocycles. The number of nitrogens with one attached hydrogen (secondary N) is 1. The molecule has 5 nitrogen and oxygen atoms in total. The number of benzene rings is 3. The van der Waals surface area contributed by atoms with Crippen molar-refractivity contribution in [2.24, 2.45) is 0 Å². The summed E-state index contributed by atoms with van der Waals surface area (Å²) < 4.78 is 16.4. The molecule has 0 heterocycles. The molecule has 0 atom stereocenters. The summed E-state index contributed by atoms with van der Waals surface area (Å²) in [6.45, 7) is 4.05. The number of carbonyl (C=O) groups is 1. The molecule has 156 valence electrons. The van der Waals surface area contributed by atoms with Gasteiger partial charge in [0.15, 0.2) is 17.1 Å². The second kappa shape index (κ2) is 9.46. The molecule has 3 rings (SSSR count). The van der Waals surface area contributed by atoms with Gasteiger partial charge >= 0.3 is 0 Å². The Bertz CT molecular complexity index is 979. The van der Waals surface area contributed by atoms with Gasteiger partial charge in [0.05, 0.1) is 13.7 Å². The van der Waals surface area contributed by atoms with Crippen LogP contribution in [0.5, 0.6) is 11.5 Å². The Morgan fingerprint density at radius 1 is 0.833 bits per heavy atom. The molecule has 30 heavy (non-hydrogen) atoms. The Balaban J connectivity index is 1.67. The van der Waals surface area contributed by atoms with Crippen molar-refractivity contribution < 1.29 is 19.0 Å². The summed E-state index contributed by atoms with van der Waals surface area (Å²) >= 11 is 0. The first-order chi connectivity index (χ1) is 14.4.